The van der Waals surface area contributed by atoms with E-state index in [9.17, 15) is 9.18 Å². The van der Waals surface area contributed by atoms with Gasteiger partial charge in [0.15, 0.2) is 0 Å². The van der Waals surface area contributed by atoms with Crippen LogP contribution in [0.3, 0.4) is 0 Å². The van der Waals surface area contributed by atoms with Gasteiger partial charge in [-0.1, -0.05) is 13.8 Å². The number of rotatable bonds is 7. The maximum atomic E-state index is 13.6. The minimum Gasteiger partial charge on any atom is -0.497 e. The van der Waals surface area contributed by atoms with Crippen LogP contribution in [0.2, 0.25) is 0 Å². The lowest BCUT2D eigenvalue weighted by atomic mass is 10.1. The number of ether oxygens (including phenoxy) is 1. The van der Waals surface area contributed by atoms with Gasteiger partial charge in [0.1, 0.15) is 17.6 Å². The minimum atomic E-state index is -0.510. The third-order valence-electron chi connectivity index (χ3n) is 2.96. The number of amides is 1. The van der Waals surface area contributed by atoms with Crippen molar-refractivity contribution < 1.29 is 13.9 Å². The summed E-state index contributed by atoms with van der Waals surface area (Å²) >= 11 is 0. The highest BCUT2D eigenvalue weighted by molar-refractivity contribution is 5.84. The molecule has 0 saturated heterocycles. The second-order valence-corrected chi connectivity index (χ2v) is 5.19. The Morgan fingerprint density at radius 2 is 2.05 bits per heavy atom. The highest BCUT2D eigenvalue weighted by atomic mass is 19.1. The SMILES string of the molecule is COc1ccc(F)c(NC(C)C(=O)NCCC(C)C)c1. The van der Waals surface area contributed by atoms with Crippen LogP contribution < -0.4 is 15.4 Å². The number of halogens is 1. The van der Waals surface area contributed by atoms with Gasteiger partial charge in [0, 0.05) is 12.6 Å². The quantitative estimate of drug-likeness (QED) is 0.808. The summed E-state index contributed by atoms with van der Waals surface area (Å²) < 4.78 is 18.7. The molecule has 0 aliphatic rings. The molecule has 0 radical (unpaired) electrons. The standard InChI is InChI=1S/C15H23FN2O2/c1-10(2)7-8-17-15(19)11(3)18-14-9-12(20-4)5-6-13(14)16/h5-6,9-11,18H,7-8H2,1-4H3,(H,17,19). The molecule has 1 rings (SSSR count). The molecule has 1 atom stereocenters. The fourth-order valence-corrected chi connectivity index (χ4v) is 1.68. The molecule has 1 aromatic rings. The first-order chi connectivity index (χ1) is 9.43. The van der Waals surface area contributed by atoms with Crippen LogP contribution in [-0.2, 0) is 4.79 Å². The van der Waals surface area contributed by atoms with Gasteiger partial charge >= 0.3 is 0 Å². The van der Waals surface area contributed by atoms with E-state index in [1.807, 2.05) is 0 Å². The predicted molar refractivity (Wildman–Crippen MR) is 78.5 cm³/mol. The van der Waals surface area contributed by atoms with Crippen LogP contribution in [0.15, 0.2) is 18.2 Å². The summed E-state index contributed by atoms with van der Waals surface area (Å²) in [6.07, 6.45) is 0.923. The zero-order chi connectivity index (χ0) is 15.1. The van der Waals surface area contributed by atoms with Gasteiger partial charge in [0.05, 0.1) is 12.8 Å². The van der Waals surface area contributed by atoms with E-state index in [-0.39, 0.29) is 11.6 Å². The number of hydrogen-bond acceptors (Lipinski definition) is 3. The normalized spacial score (nSPS) is 12.1. The third kappa shape index (κ3) is 5.07. The average molecular weight is 282 g/mol. The molecule has 0 aliphatic carbocycles. The van der Waals surface area contributed by atoms with Crippen molar-refractivity contribution in [3.8, 4) is 5.75 Å². The molecule has 0 aliphatic heterocycles. The smallest absolute Gasteiger partial charge is 0.242 e. The Labute approximate surface area is 119 Å². The van der Waals surface area contributed by atoms with Gasteiger partial charge in [-0.3, -0.25) is 4.79 Å². The Bertz CT molecular complexity index is 449. The summed E-state index contributed by atoms with van der Waals surface area (Å²) in [6.45, 7) is 6.52. The Kier molecular flexibility index (Phi) is 6.28. The molecule has 5 heteroatoms. The maximum Gasteiger partial charge on any atom is 0.242 e. The first-order valence-electron chi connectivity index (χ1n) is 6.81. The number of hydrogen-bond donors (Lipinski definition) is 2. The van der Waals surface area contributed by atoms with Gasteiger partial charge in [-0.05, 0) is 31.4 Å². The van der Waals surface area contributed by atoms with Crippen molar-refractivity contribution in [1.82, 2.24) is 5.32 Å². The second kappa shape index (κ2) is 7.72. The van der Waals surface area contributed by atoms with Crippen LogP contribution in [0.1, 0.15) is 27.2 Å². The summed E-state index contributed by atoms with van der Waals surface area (Å²) in [5.41, 5.74) is 0.260. The largest absolute Gasteiger partial charge is 0.497 e. The van der Waals surface area contributed by atoms with E-state index in [0.717, 1.165) is 6.42 Å². The van der Waals surface area contributed by atoms with Gasteiger partial charge in [-0.25, -0.2) is 4.39 Å². The molecule has 0 aromatic heterocycles. The van der Waals surface area contributed by atoms with Crippen LogP contribution in [-0.4, -0.2) is 25.6 Å². The summed E-state index contributed by atoms with van der Waals surface area (Å²) in [5.74, 6) is 0.524. The van der Waals surface area contributed by atoms with E-state index in [2.05, 4.69) is 24.5 Å². The molecular weight excluding hydrogens is 259 g/mol. The first-order valence-corrected chi connectivity index (χ1v) is 6.81. The van der Waals surface area contributed by atoms with E-state index >= 15 is 0 Å². The summed E-state index contributed by atoms with van der Waals surface area (Å²) in [6, 6.07) is 3.87. The molecule has 0 bridgehead atoms. The number of nitrogens with one attached hydrogen (secondary N) is 2. The number of carbonyl (C=O) groups excluding carboxylic acids is 1. The van der Waals surface area contributed by atoms with E-state index in [4.69, 9.17) is 4.74 Å². The maximum absolute atomic E-state index is 13.6. The van der Waals surface area contributed by atoms with Crippen molar-refractivity contribution in [2.24, 2.45) is 5.92 Å². The summed E-state index contributed by atoms with van der Waals surface area (Å²) in [7, 11) is 1.51. The van der Waals surface area contributed by atoms with Crippen molar-refractivity contribution in [1.29, 1.82) is 0 Å². The van der Waals surface area contributed by atoms with Crippen LogP contribution in [0.4, 0.5) is 10.1 Å². The average Bonchev–Trinajstić information content (AvgIpc) is 2.40. The van der Waals surface area contributed by atoms with Gasteiger partial charge in [0.2, 0.25) is 5.91 Å². The molecule has 0 spiro atoms. The predicted octanol–water partition coefficient (Wildman–Crippen LogP) is 2.80. The van der Waals surface area contributed by atoms with Crippen LogP contribution >= 0.6 is 0 Å². The van der Waals surface area contributed by atoms with Gasteiger partial charge < -0.3 is 15.4 Å². The third-order valence-corrected chi connectivity index (χ3v) is 2.96. The zero-order valence-corrected chi connectivity index (χ0v) is 12.5. The summed E-state index contributed by atoms with van der Waals surface area (Å²) in [5, 5.41) is 5.68. The van der Waals surface area contributed by atoms with Crippen LogP contribution in [0, 0.1) is 11.7 Å². The fraction of sp³-hybridized carbons (Fsp3) is 0.533. The molecule has 1 unspecified atom stereocenters. The first kappa shape index (κ1) is 16.3. The van der Waals surface area contributed by atoms with Crippen LogP contribution in [0.5, 0.6) is 5.75 Å². The molecule has 4 nitrogen and oxygen atoms in total. The van der Waals surface area contributed by atoms with E-state index in [1.165, 1.54) is 25.3 Å². The topological polar surface area (TPSA) is 50.4 Å². The number of methoxy groups -OCH3 is 1. The molecule has 2 N–H and O–H groups in total. The number of benzene rings is 1. The number of anilines is 1. The lowest BCUT2D eigenvalue weighted by Gasteiger charge is -2.16. The molecule has 0 saturated carbocycles. The van der Waals surface area contributed by atoms with Crippen LogP contribution in [0.25, 0.3) is 0 Å². The monoisotopic (exact) mass is 282 g/mol. The molecular formula is C15H23FN2O2. The van der Waals surface area contributed by atoms with Gasteiger partial charge in [-0.15, -0.1) is 0 Å². The Morgan fingerprint density at radius 3 is 2.65 bits per heavy atom. The Balaban J connectivity index is 2.56. The van der Waals surface area contributed by atoms with Crippen molar-refractivity contribution in [2.45, 2.75) is 33.2 Å². The van der Waals surface area contributed by atoms with Gasteiger partial charge in [-0.2, -0.15) is 0 Å². The molecule has 20 heavy (non-hydrogen) atoms. The van der Waals surface area contributed by atoms with Crippen molar-refractivity contribution >= 4 is 11.6 Å². The van der Waals surface area contributed by atoms with Crippen molar-refractivity contribution in [3.05, 3.63) is 24.0 Å². The Morgan fingerprint density at radius 1 is 1.35 bits per heavy atom. The lowest BCUT2D eigenvalue weighted by Crippen LogP contribution is -2.38. The molecule has 0 heterocycles. The summed E-state index contributed by atoms with van der Waals surface area (Å²) in [4.78, 5) is 11.9. The molecule has 1 amide bonds. The van der Waals surface area contributed by atoms with E-state index in [1.54, 1.807) is 6.92 Å². The molecule has 0 fully saturated rings. The molecule has 112 valence electrons. The molecule has 1 aromatic carbocycles. The fourth-order valence-electron chi connectivity index (χ4n) is 1.68. The van der Waals surface area contributed by atoms with Gasteiger partial charge in [0.25, 0.3) is 0 Å². The second-order valence-electron chi connectivity index (χ2n) is 5.19. The highest BCUT2D eigenvalue weighted by Gasteiger charge is 2.14. The minimum absolute atomic E-state index is 0.145. The van der Waals surface area contributed by atoms with E-state index in [0.29, 0.717) is 18.2 Å². The van der Waals surface area contributed by atoms with Crippen molar-refractivity contribution in [3.63, 3.8) is 0 Å². The zero-order valence-electron chi connectivity index (χ0n) is 12.5. The Hall–Kier alpha value is -1.78. The van der Waals surface area contributed by atoms with E-state index < -0.39 is 11.9 Å². The highest BCUT2D eigenvalue weighted by Crippen LogP contribution is 2.21. The number of carbonyl (C=O) groups is 1. The lowest BCUT2D eigenvalue weighted by molar-refractivity contribution is -0.121. The van der Waals surface area contributed by atoms with Crippen molar-refractivity contribution in [2.75, 3.05) is 19.0 Å².